The van der Waals surface area contributed by atoms with Crippen molar-refractivity contribution in [2.24, 2.45) is 0 Å². The molecule has 0 aliphatic rings. The molecule has 0 aliphatic carbocycles. The van der Waals surface area contributed by atoms with Crippen molar-refractivity contribution >= 4 is 17.9 Å². The second-order valence-corrected chi connectivity index (χ2v) is 11.6. The van der Waals surface area contributed by atoms with E-state index < -0.39 is 17.9 Å². The Bertz CT molecular complexity index is 834. The lowest BCUT2D eigenvalue weighted by Crippen LogP contribution is -2.13. The summed E-state index contributed by atoms with van der Waals surface area (Å²) in [6.45, 7) is 2.52. The Hall–Kier alpha value is -2.37. The van der Waals surface area contributed by atoms with Crippen LogP contribution in [0.4, 0.5) is 0 Å². The van der Waals surface area contributed by atoms with Crippen LogP contribution in [0.2, 0.25) is 0 Å². The van der Waals surface area contributed by atoms with Gasteiger partial charge in [-0.15, -0.1) is 0 Å². The third-order valence-electron chi connectivity index (χ3n) is 7.95. The predicted molar refractivity (Wildman–Crippen MR) is 167 cm³/mol. The lowest BCUT2D eigenvalue weighted by atomic mass is 10.0. The molecule has 6 heteroatoms. The first-order valence-corrected chi connectivity index (χ1v) is 16.7. The number of benzene rings is 1. The number of unbranched alkanes of at least 4 members (excludes halogenated alkanes) is 23. The van der Waals surface area contributed by atoms with E-state index in [0.717, 1.165) is 25.3 Å². The molecule has 0 aromatic heterocycles. The fraction of sp³-hybridized carbons (Fsp3) is 0.743. The van der Waals surface area contributed by atoms with Crippen molar-refractivity contribution in [1.82, 2.24) is 0 Å². The summed E-state index contributed by atoms with van der Waals surface area (Å²) in [6, 6.07) is 3.41. The number of carbonyl (C=O) groups is 3. The fourth-order valence-electron chi connectivity index (χ4n) is 5.34. The topological polar surface area (TPSA) is 101 Å². The maximum atomic E-state index is 12.2. The molecule has 0 fully saturated rings. The molecule has 0 bridgehead atoms. The number of aromatic carboxylic acids is 2. The van der Waals surface area contributed by atoms with Crippen molar-refractivity contribution in [2.75, 3.05) is 6.61 Å². The maximum Gasteiger partial charge on any atom is 0.339 e. The van der Waals surface area contributed by atoms with Gasteiger partial charge >= 0.3 is 17.9 Å². The van der Waals surface area contributed by atoms with E-state index in [1.54, 1.807) is 0 Å². The number of carbonyl (C=O) groups excluding carboxylic acids is 1. The molecular weight excluding hydrogens is 516 g/mol. The highest BCUT2D eigenvalue weighted by Gasteiger charge is 2.20. The Morgan fingerprint density at radius 1 is 0.512 bits per heavy atom. The number of hydrogen-bond donors (Lipinski definition) is 2. The molecule has 1 aromatic carbocycles. The summed E-state index contributed by atoms with van der Waals surface area (Å²) in [6.07, 6.45) is 31.8. The average molecular weight is 575 g/mol. The molecule has 0 heterocycles. The molecule has 41 heavy (non-hydrogen) atoms. The predicted octanol–water partition coefficient (Wildman–Crippen LogP) is 10.6. The van der Waals surface area contributed by atoms with Crippen LogP contribution in [0.25, 0.3) is 0 Å². The molecule has 234 valence electrons. The Kier molecular flexibility index (Phi) is 22.7. The van der Waals surface area contributed by atoms with Crippen LogP contribution in [-0.4, -0.2) is 34.7 Å². The molecule has 0 aliphatic heterocycles. The molecule has 0 amide bonds. The summed E-state index contributed by atoms with van der Waals surface area (Å²) in [4.78, 5) is 34.7. The van der Waals surface area contributed by atoms with Crippen LogP contribution >= 0.6 is 0 Å². The molecule has 0 atom stereocenters. The summed E-state index contributed by atoms with van der Waals surface area (Å²) >= 11 is 0. The molecule has 1 aromatic rings. The van der Waals surface area contributed by atoms with Crippen LogP contribution in [0.15, 0.2) is 18.2 Å². The Balaban J connectivity index is 1.86. The van der Waals surface area contributed by atoms with Crippen molar-refractivity contribution in [3.63, 3.8) is 0 Å². The third kappa shape index (κ3) is 19.4. The van der Waals surface area contributed by atoms with Crippen molar-refractivity contribution in [1.29, 1.82) is 0 Å². The zero-order valence-corrected chi connectivity index (χ0v) is 25.9. The van der Waals surface area contributed by atoms with Crippen molar-refractivity contribution < 1.29 is 29.3 Å². The first-order chi connectivity index (χ1) is 20.0. The minimum Gasteiger partial charge on any atom is -0.478 e. The van der Waals surface area contributed by atoms with Gasteiger partial charge in [-0.2, -0.15) is 0 Å². The van der Waals surface area contributed by atoms with E-state index in [1.165, 1.54) is 147 Å². The van der Waals surface area contributed by atoms with Gasteiger partial charge in [-0.05, 0) is 24.6 Å². The van der Waals surface area contributed by atoms with E-state index in [9.17, 15) is 19.5 Å². The van der Waals surface area contributed by atoms with E-state index in [1.807, 2.05) is 0 Å². The normalized spacial score (nSPS) is 11.0. The van der Waals surface area contributed by atoms with Gasteiger partial charge in [0.2, 0.25) is 0 Å². The second kappa shape index (κ2) is 25.3. The number of esters is 1. The second-order valence-electron chi connectivity index (χ2n) is 11.6. The highest BCUT2D eigenvalue weighted by molar-refractivity contribution is 6.04. The van der Waals surface area contributed by atoms with E-state index >= 15 is 0 Å². The summed E-state index contributed by atoms with van der Waals surface area (Å²) < 4.78 is 5.22. The molecule has 0 radical (unpaired) electrons. The highest BCUT2D eigenvalue weighted by Crippen LogP contribution is 2.17. The molecule has 0 saturated carbocycles. The van der Waals surface area contributed by atoms with Crippen LogP contribution in [0.3, 0.4) is 0 Å². The molecule has 2 N–H and O–H groups in total. The number of hydrogen-bond acceptors (Lipinski definition) is 4. The molecule has 0 unspecified atom stereocenters. The zero-order chi connectivity index (χ0) is 30.0. The first-order valence-electron chi connectivity index (χ1n) is 16.7. The monoisotopic (exact) mass is 574 g/mol. The number of ether oxygens (including phenoxy) is 1. The highest BCUT2D eigenvalue weighted by atomic mass is 16.5. The van der Waals surface area contributed by atoms with Gasteiger partial charge < -0.3 is 14.9 Å². The van der Waals surface area contributed by atoms with Gasteiger partial charge in [0.15, 0.2) is 0 Å². The van der Waals surface area contributed by atoms with E-state index in [4.69, 9.17) is 9.84 Å². The zero-order valence-electron chi connectivity index (χ0n) is 25.9. The minimum atomic E-state index is -1.35. The molecular formula is C35H58O6. The Labute approximate surface area is 249 Å². The number of carboxylic acids is 2. The third-order valence-corrected chi connectivity index (χ3v) is 7.95. The van der Waals surface area contributed by atoms with E-state index in [-0.39, 0.29) is 23.3 Å². The SMILES string of the molecule is CCCCCCCCCCCCCCCCCCCCCCCCCCOC(=O)c1ccc(C(=O)O)cc1C(=O)O. The molecule has 6 nitrogen and oxygen atoms in total. The van der Waals surface area contributed by atoms with Crippen molar-refractivity contribution in [3.05, 3.63) is 34.9 Å². The standard InChI is InChI=1S/C35H58O6/c1-2-3-4-5-6-7-8-9-10-11-12-13-14-15-16-17-18-19-20-21-22-23-24-25-28-41-35(40)31-27-26-30(33(36)37)29-32(31)34(38)39/h26-27,29H,2-25,28H2,1H3,(H,36,37)(H,38,39). The van der Waals surface area contributed by atoms with E-state index in [2.05, 4.69) is 6.92 Å². The van der Waals surface area contributed by atoms with Crippen LogP contribution < -0.4 is 0 Å². The summed E-state index contributed by atoms with van der Waals surface area (Å²) in [5, 5.41) is 18.3. The first kappa shape index (κ1) is 36.7. The smallest absolute Gasteiger partial charge is 0.339 e. The van der Waals surface area contributed by atoms with Gasteiger partial charge in [0, 0.05) is 0 Å². The minimum absolute atomic E-state index is 0.119. The van der Waals surface area contributed by atoms with E-state index in [0.29, 0.717) is 0 Å². The largest absolute Gasteiger partial charge is 0.478 e. The Morgan fingerprint density at radius 2 is 0.878 bits per heavy atom. The van der Waals surface area contributed by atoms with Gasteiger partial charge in [-0.25, -0.2) is 14.4 Å². The maximum absolute atomic E-state index is 12.2. The lowest BCUT2D eigenvalue weighted by Gasteiger charge is -2.08. The van der Waals surface area contributed by atoms with Crippen LogP contribution in [0.5, 0.6) is 0 Å². The average Bonchev–Trinajstić information content (AvgIpc) is 2.96. The fourth-order valence-corrected chi connectivity index (χ4v) is 5.34. The summed E-state index contributed by atoms with van der Waals surface area (Å²) in [7, 11) is 0. The van der Waals surface area contributed by atoms with Gasteiger partial charge in [-0.3, -0.25) is 0 Å². The quantitative estimate of drug-likeness (QED) is 0.0762. The van der Waals surface area contributed by atoms with Gasteiger partial charge in [-0.1, -0.05) is 155 Å². The van der Waals surface area contributed by atoms with Gasteiger partial charge in [0.25, 0.3) is 0 Å². The molecule has 0 saturated heterocycles. The van der Waals surface area contributed by atoms with Crippen LogP contribution in [0.1, 0.15) is 192 Å². The number of rotatable bonds is 28. The summed E-state index contributed by atoms with van der Waals surface area (Å²) in [5.74, 6) is -3.32. The van der Waals surface area contributed by atoms with Crippen LogP contribution in [0, 0.1) is 0 Å². The summed E-state index contributed by atoms with van der Waals surface area (Å²) in [5.41, 5.74) is -0.648. The van der Waals surface area contributed by atoms with Gasteiger partial charge in [0.1, 0.15) is 0 Å². The lowest BCUT2D eigenvalue weighted by molar-refractivity contribution is 0.0486. The van der Waals surface area contributed by atoms with Crippen molar-refractivity contribution in [2.45, 2.75) is 161 Å². The molecule has 1 rings (SSSR count). The van der Waals surface area contributed by atoms with Gasteiger partial charge in [0.05, 0.1) is 23.3 Å². The number of carboxylic acid groups (broad SMARTS) is 2. The van der Waals surface area contributed by atoms with Crippen molar-refractivity contribution in [3.8, 4) is 0 Å². The Morgan fingerprint density at radius 3 is 1.22 bits per heavy atom. The van der Waals surface area contributed by atoms with Crippen LogP contribution in [-0.2, 0) is 4.74 Å². The molecule has 0 spiro atoms.